The second kappa shape index (κ2) is 7.07. The third-order valence-electron chi connectivity index (χ3n) is 4.68. The van der Waals surface area contributed by atoms with E-state index < -0.39 is 0 Å². The number of fused-ring (bicyclic) bond motifs is 1. The van der Waals surface area contributed by atoms with Gasteiger partial charge in [-0.05, 0) is 42.3 Å². The van der Waals surface area contributed by atoms with Gasteiger partial charge in [0.15, 0.2) is 0 Å². The van der Waals surface area contributed by atoms with Crippen LogP contribution in [0.5, 0.6) is 5.75 Å². The Morgan fingerprint density at radius 2 is 1.78 bits per heavy atom. The number of hydrogen-bond donors (Lipinski definition) is 0. The largest absolute Gasteiger partial charge is 0.497 e. The number of carbonyl (C=O) groups is 2. The first-order valence-electron chi connectivity index (χ1n) is 8.76. The average molecular weight is 361 g/mol. The molecule has 0 unspecified atom stereocenters. The van der Waals surface area contributed by atoms with E-state index in [0.717, 1.165) is 16.9 Å². The lowest BCUT2D eigenvalue weighted by molar-refractivity contribution is -0.130. The van der Waals surface area contributed by atoms with Crippen molar-refractivity contribution in [2.45, 2.75) is 13.0 Å². The first-order chi connectivity index (χ1) is 13.2. The van der Waals surface area contributed by atoms with Gasteiger partial charge in [-0.25, -0.2) is 4.68 Å². The van der Waals surface area contributed by atoms with Gasteiger partial charge >= 0.3 is 0 Å². The standard InChI is InChI=1S/C21H19N3O3/c1-27-17-9-7-16(8-10-17)18-13-19-21(26)23(20(25)14-24(19)22-18)12-11-15-5-3-2-4-6-15/h2-10,13H,11-12,14H2,1H3. The Hall–Kier alpha value is -3.41. The van der Waals surface area contributed by atoms with Crippen molar-refractivity contribution in [2.75, 3.05) is 13.7 Å². The van der Waals surface area contributed by atoms with Crippen LogP contribution >= 0.6 is 0 Å². The number of imide groups is 1. The van der Waals surface area contributed by atoms with Crippen molar-refractivity contribution >= 4 is 11.8 Å². The van der Waals surface area contributed by atoms with Gasteiger partial charge in [-0.1, -0.05) is 30.3 Å². The highest BCUT2D eigenvalue weighted by atomic mass is 16.5. The van der Waals surface area contributed by atoms with Crippen LogP contribution in [0.4, 0.5) is 0 Å². The fraction of sp³-hybridized carbons (Fsp3) is 0.190. The summed E-state index contributed by atoms with van der Waals surface area (Å²) in [6.07, 6.45) is 0.637. The number of nitrogens with zero attached hydrogens (tertiary/aromatic N) is 3. The van der Waals surface area contributed by atoms with Gasteiger partial charge in [0.2, 0.25) is 0 Å². The molecule has 6 heteroatoms. The molecule has 0 spiro atoms. The lowest BCUT2D eigenvalue weighted by atomic mass is 10.1. The molecular formula is C21H19N3O3. The molecule has 0 saturated heterocycles. The predicted molar refractivity (Wildman–Crippen MR) is 100 cm³/mol. The number of aromatic nitrogens is 2. The highest BCUT2D eigenvalue weighted by molar-refractivity contribution is 6.06. The van der Waals surface area contributed by atoms with Crippen molar-refractivity contribution < 1.29 is 14.3 Å². The number of methoxy groups -OCH3 is 1. The number of ether oxygens (including phenoxy) is 1. The molecule has 2 heterocycles. The molecule has 136 valence electrons. The molecule has 0 fully saturated rings. The van der Waals surface area contributed by atoms with E-state index in [1.54, 1.807) is 13.2 Å². The van der Waals surface area contributed by atoms with Crippen molar-refractivity contribution in [2.24, 2.45) is 0 Å². The van der Waals surface area contributed by atoms with Crippen molar-refractivity contribution in [3.05, 3.63) is 71.9 Å². The zero-order valence-corrected chi connectivity index (χ0v) is 15.0. The molecule has 1 aromatic heterocycles. The lowest BCUT2D eigenvalue weighted by Gasteiger charge is -2.25. The minimum absolute atomic E-state index is 0.0754. The van der Waals surface area contributed by atoms with Gasteiger partial charge in [0, 0.05) is 12.1 Å². The van der Waals surface area contributed by atoms with Crippen LogP contribution in [-0.4, -0.2) is 40.1 Å². The number of hydrogen-bond acceptors (Lipinski definition) is 4. The Labute approximate surface area is 157 Å². The first kappa shape index (κ1) is 17.0. The van der Waals surface area contributed by atoms with E-state index in [0.29, 0.717) is 24.4 Å². The molecule has 0 atom stereocenters. The summed E-state index contributed by atoms with van der Waals surface area (Å²) in [5.74, 6) is 0.225. The third-order valence-corrected chi connectivity index (χ3v) is 4.68. The second-order valence-electron chi connectivity index (χ2n) is 6.39. The number of rotatable bonds is 5. The molecule has 4 rings (SSSR count). The van der Waals surface area contributed by atoms with Gasteiger partial charge in [0.1, 0.15) is 18.0 Å². The number of carbonyl (C=O) groups excluding carboxylic acids is 2. The van der Waals surface area contributed by atoms with E-state index in [1.165, 1.54) is 9.58 Å². The van der Waals surface area contributed by atoms with E-state index in [1.807, 2.05) is 54.6 Å². The average Bonchev–Trinajstić information content (AvgIpc) is 3.13. The Bertz CT molecular complexity index is 978. The summed E-state index contributed by atoms with van der Waals surface area (Å²) in [7, 11) is 1.61. The zero-order valence-electron chi connectivity index (χ0n) is 15.0. The Morgan fingerprint density at radius 3 is 2.48 bits per heavy atom. The van der Waals surface area contributed by atoms with Crippen LogP contribution in [0.3, 0.4) is 0 Å². The van der Waals surface area contributed by atoms with Crippen LogP contribution in [0, 0.1) is 0 Å². The van der Waals surface area contributed by atoms with Gasteiger partial charge in [0.25, 0.3) is 11.8 Å². The highest BCUT2D eigenvalue weighted by Gasteiger charge is 2.32. The monoisotopic (exact) mass is 361 g/mol. The van der Waals surface area contributed by atoms with Crippen LogP contribution in [-0.2, 0) is 17.8 Å². The lowest BCUT2D eigenvalue weighted by Crippen LogP contribution is -2.45. The Balaban J connectivity index is 1.55. The van der Waals surface area contributed by atoms with Crippen LogP contribution in [0.2, 0.25) is 0 Å². The third kappa shape index (κ3) is 3.33. The van der Waals surface area contributed by atoms with Gasteiger partial charge in [-0.3, -0.25) is 14.5 Å². The maximum atomic E-state index is 12.8. The molecular weight excluding hydrogens is 342 g/mol. The molecule has 0 radical (unpaired) electrons. The molecule has 1 aliphatic heterocycles. The molecule has 27 heavy (non-hydrogen) atoms. The van der Waals surface area contributed by atoms with Crippen LogP contribution in [0.15, 0.2) is 60.7 Å². The van der Waals surface area contributed by atoms with E-state index in [9.17, 15) is 9.59 Å². The van der Waals surface area contributed by atoms with E-state index >= 15 is 0 Å². The highest BCUT2D eigenvalue weighted by Crippen LogP contribution is 2.24. The van der Waals surface area contributed by atoms with Crippen molar-refractivity contribution in [3.63, 3.8) is 0 Å². The minimum Gasteiger partial charge on any atom is -0.497 e. The summed E-state index contributed by atoms with van der Waals surface area (Å²) in [6.45, 7) is 0.441. The summed E-state index contributed by atoms with van der Waals surface area (Å²) in [4.78, 5) is 26.6. The molecule has 0 saturated carbocycles. The van der Waals surface area contributed by atoms with Gasteiger partial charge < -0.3 is 4.74 Å². The summed E-state index contributed by atoms with van der Waals surface area (Å²) >= 11 is 0. The maximum absolute atomic E-state index is 12.8. The number of amides is 2. The normalized spacial score (nSPS) is 13.6. The maximum Gasteiger partial charge on any atom is 0.278 e. The zero-order chi connectivity index (χ0) is 18.8. The molecule has 1 aliphatic rings. The first-order valence-corrected chi connectivity index (χ1v) is 8.76. The molecule has 2 amide bonds. The van der Waals surface area contributed by atoms with Gasteiger partial charge in [0.05, 0.1) is 12.8 Å². The predicted octanol–water partition coefficient (Wildman–Crippen LogP) is 2.78. The van der Waals surface area contributed by atoms with E-state index in [2.05, 4.69) is 5.10 Å². The molecule has 6 nitrogen and oxygen atoms in total. The van der Waals surface area contributed by atoms with Gasteiger partial charge in [-0.15, -0.1) is 0 Å². The minimum atomic E-state index is -0.297. The smallest absolute Gasteiger partial charge is 0.278 e. The van der Waals surface area contributed by atoms with Crippen molar-refractivity contribution in [3.8, 4) is 17.0 Å². The molecule has 0 N–H and O–H groups in total. The molecule has 0 bridgehead atoms. The SMILES string of the molecule is COc1ccc(-c2cc3n(n2)CC(=O)N(CCc2ccccc2)C3=O)cc1. The quantitative estimate of drug-likeness (QED) is 0.656. The Kier molecular flexibility index (Phi) is 4.46. The fourth-order valence-electron chi connectivity index (χ4n) is 3.19. The summed E-state index contributed by atoms with van der Waals surface area (Å²) in [5, 5.41) is 4.44. The van der Waals surface area contributed by atoms with Crippen LogP contribution in [0.25, 0.3) is 11.3 Å². The summed E-state index contributed by atoms with van der Waals surface area (Å²) < 4.78 is 6.65. The molecule has 0 aliphatic carbocycles. The summed E-state index contributed by atoms with van der Waals surface area (Å²) in [5.41, 5.74) is 3.07. The second-order valence-corrected chi connectivity index (χ2v) is 6.39. The number of benzene rings is 2. The van der Waals surface area contributed by atoms with Crippen LogP contribution < -0.4 is 4.74 Å². The van der Waals surface area contributed by atoms with Gasteiger partial charge in [-0.2, -0.15) is 5.10 Å². The van der Waals surface area contributed by atoms with Crippen molar-refractivity contribution in [1.82, 2.24) is 14.7 Å². The van der Waals surface area contributed by atoms with E-state index in [4.69, 9.17) is 4.74 Å². The fourth-order valence-corrected chi connectivity index (χ4v) is 3.19. The van der Waals surface area contributed by atoms with Crippen LogP contribution in [0.1, 0.15) is 16.1 Å². The Morgan fingerprint density at radius 1 is 1.04 bits per heavy atom. The summed E-state index contributed by atoms with van der Waals surface area (Å²) in [6, 6.07) is 19.0. The van der Waals surface area contributed by atoms with E-state index in [-0.39, 0.29) is 18.4 Å². The molecule has 2 aromatic carbocycles. The molecule has 3 aromatic rings. The van der Waals surface area contributed by atoms with Crippen molar-refractivity contribution in [1.29, 1.82) is 0 Å². The topological polar surface area (TPSA) is 64.4 Å².